The van der Waals surface area contributed by atoms with E-state index in [1.807, 2.05) is 4.90 Å². The molecule has 0 bridgehead atoms. The van der Waals surface area contributed by atoms with E-state index in [-0.39, 0.29) is 11.7 Å². The summed E-state index contributed by atoms with van der Waals surface area (Å²) in [7, 11) is -3.51. The van der Waals surface area contributed by atoms with Crippen LogP contribution < -0.4 is 0 Å². The Hall–Kier alpha value is -1.81. The van der Waals surface area contributed by atoms with E-state index in [9.17, 15) is 17.6 Å². The fraction of sp³-hybridized carbons (Fsp3) is 0.480. The zero-order valence-corrected chi connectivity index (χ0v) is 22.0. The highest BCUT2D eigenvalue weighted by molar-refractivity contribution is 9.10. The Morgan fingerprint density at radius 2 is 1.65 bits per heavy atom. The van der Waals surface area contributed by atoms with Gasteiger partial charge in [0.25, 0.3) is 0 Å². The molecule has 2 aromatic rings. The first-order valence-electron chi connectivity index (χ1n) is 11.8. The molecule has 0 spiro atoms. The number of nitrogens with zero attached hydrogens (tertiary/aromatic N) is 3. The summed E-state index contributed by atoms with van der Waals surface area (Å²) in [6, 6.07) is 13.0. The predicted octanol–water partition coefficient (Wildman–Crippen LogP) is 4.50. The van der Waals surface area contributed by atoms with E-state index < -0.39 is 10.0 Å². The van der Waals surface area contributed by atoms with Crippen LogP contribution in [-0.4, -0.2) is 67.7 Å². The number of halogens is 2. The van der Waals surface area contributed by atoms with Crippen molar-refractivity contribution in [2.24, 2.45) is 0 Å². The smallest absolute Gasteiger partial charge is 0.243 e. The van der Waals surface area contributed by atoms with Crippen LogP contribution >= 0.6 is 15.9 Å². The summed E-state index contributed by atoms with van der Waals surface area (Å²) in [4.78, 5) is 17.2. The van der Waals surface area contributed by atoms with Gasteiger partial charge in [-0.15, -0.1) is 0 Å². The molecule has 6 nitrogen and oxygen atoms in total. The summed E-state index contributed by atoms with van der Waals surface area (Å²) >= 11 is 3.34. The summed E-state index contributed by atoms with van der Waals surface area (Å²) in [5.41, 5.74) is 0.899. The highest BCUT2D eigenvalue weighted by Crippen LogP contribution is 2.20. The van der Waals surface area contributed by atoms with Crippen LogP contribution in [0.25, 0.3) is 0 Å². The van der Waals surface area contributed by atoms with Crippen LogP contribution in [0, 0.1) is 5.82 Å². The number of benzene rings is 2. The Bertz CT molecular complexity index is 1020. The summed E-state index contributed by atoms with van der Waals surface area (Å²) in [5.74, 6) is -0.185. The largest absolute Gasteiger partial charge is 0.337 e. The standard InChI is InChI=1S/C25H33BrFN3O3S/c1-2-3-4-5-25(31)29(20-21-6-10-23(27)11-7-21)17-14-28-15-18-30(19-16-28)34(32,33)24-12-8-22(26)9-13-24/h6-13H,2-5,14-20H2,1H3. The zero-order valence-electron chi connectivity index (χ0n) is 19.6. The number of amides is 1. The molecule has 1 amide bonds. The third-order valence-corrected chi connectivity index (χ3v) is 8.54. The molecule has 3 rings (SSSR count). The van der Waals surface area contributed by atoms with Crippen molar-refractivity contribution in [3.05, 3.63) is 64.4 Å². The maximum atomic E-state index is 13.3. The Labute approximate surface area is 210 Å². The molecule has 1 fully saturated rings. The van der Waals surface area contributed by atoms with Crippen molar-refractivity contribution >= 4 is 31.9 Å². The van der Waals surface area contributed by atoms with Gasteiger partial charge in [0.1, 0.15) is 5.82 Å². The number of unbranched alkanes of at least 4 members (excludes halogenated alkanes) is 2. The Morgan fingerprint density at radius 1 is 1.00 bits per heavy atom. The molecule has 0 aliphatic carbocycles. The number of sulfonamides is 1. The minimum absolute atomic E-state index is 0.106. The molecule has 186 valence electrons. The maximum absolute atomic E-state index is 13.3. The first kappa shape index (κ1) is 26.8. The van der Waals surface area contributed by atoms with Gasteiger partial charge in [-0.3, -0.25) is 9.69 Å². The van der Waals surface area contributed by atoms with Crippen molar-refractivity contribution in [3.8, 4) is 0 Å². The van der Waals surface area contributed by atoms with E-state index in [1.54, 1.807) is 36.4 Å². The average molecular weight is 555 g/mol. The van der Waals surface area contributed by atoms with E-state index >= 15 is 0 Å². The van der Waals surface area contributed by atoms with E-state index in [1.165, 1.54) is 16.4 Å². The molecule has 0 radical (unpaired) electrons. The number of carbonyl (C=O) groups excluding carboxylic acids is 1. The molecule has 0 atom stereocenters. The normalized spacial score (nSPS) is 15.4. The summed E-state index contributed by atoms with van der Waals surface area (Å²) in [6.07, 6.45) is 3.44. The molecule has 9 heteroatoms. The summed E-state index contributed by atoms with van der Waals surface area (Å²) < 4.78 is 41.5. The van der Waals surface area contributed by atoms with Gasteiger partial charge >= 0.3 is 0 Å². The van der Waals surface area contributed by atoms with Crippen LogP contribution in [0.4, 0.5) is 4.39 Å². The van der Waals surface area contributed by atoms with Crippen molar-refractivity contribution in [3.63, 3.8) is 0 Å². The third-order valence-electron chi connectivity index (χ3n) is 6.10. The van der Waals surface area contributed by atoms with Gasteiger partial charge in [0.15, 0.2) is 0 Å². The van der Waals surface area contributed by atoms with Gasteiger partial charge in [0, 0.05) is 56.7 Å². The first-order valence-corrected chi connectivity index (χ1v) is 14.0. The van der Waals surface area contributed by atoms with E-state index in [0.717, 1.165) is 29.3 Å². The van der Waals surface area contributed by atoms with Crippen molar-refractivity contribution in [2.45, 2.75) is 44.0 Å². The second-order valence-corrected chi connectivity index (χ2v) is 11.5. The van der Waals surface area contributed by atoms with Gasteiger partial charge in [-0.05, 0) is 48.4 Å². The highest BCUT2D eigenvalue weighted by atomic mass is 79.9. The fourth-order valence-electron chi connectivity index (χ4n) is 4.00. The zero-order chi connectivity index (χ0) is 24.6. The number of hydrogen-bond donors (Lipinski definition) is 0. The second kappa shape index (κ2) is 12.8. The van der Waals surface area contributed by atoms with E-state index in [4.69, 9.17) is 0 Å². The molecule has 0 saturated carbocycles. The summed E-state index contributed by atoms with van der Waals surface area (Å²) in [5, 5.41) is 0. The summed E-state index contributed by atoms with van der Waals surface area (Å²) in [6.45, 7) is 5.85. The lowest BCUT2D eigenvalue weighted by atomic mass is 10.1. The van der Waals surface area contributed by atoms with Gasteiger partial charge in [-0.2, -0.15) is 4.31 Å². The maximum Gasteiger partial charge on any atom is 0.243 e. The van der Waals surface area contributed by atoms with Crippen LogP contribution in [-0.2, 0) is 21.4 Å². The number of hydrogen-bond acceptors (Lipinski definition) is 4. The molecule has 0 unspecified atom stereocenters. The number of piperazine rings is 1. The van der Waals surface area contributed by atoms with Crippen molar-refractivity contribution in [2.75, 3.05) is 39.3 Å². The molecule has 34 heavy (non-hydrogen) atoms. The predicted molar refractivity (Wildman–Crippen MR) is 135 cm³/mol. The van der Waals surface area contributed by atoms with Gasteiger partial charge in [-0.25, -0.2) is 12.8 Å². The highest BCUT2D eigenvalue weighted by Gasteiger charge is 2.28. The lowest BCUT2D eigenvalue weighted by Gasteiger charge is -2.35. The number of carbonyl (C=O) groups is 1. The minimum atomic E-state index is -3.51. The fourth-order valence-corrected chi connectivity index (χ4v) is 5.68. The lowest BCUT2D eigenvalue weighted by Crippen LogP contribution is -2.50. The minimum Gasteiger partial charge on any atom is -0.337 e. The Balaban J connectivity index is 1.56. The molecular formula is C25H33BrFN3O3S. The average Bonchev–Trinajstić information content (AvgIpc) is 2.83. The van der Waals surface area contributed by atoms with Gasteiger partial charge in [0.05, 0.1) is 4.90 Å². The third kappa shape index (κ3) is 7.60. The van der Waals surface area contributed by atoms with Gasteiger partial charge < -0.3 is 4.90 Å². The van der Waals surface area contributed by atoms with E-state index in [0.29, 0.717) is 57.1 Å². The molecule has 0 aromatic heterocycles. The van der Waals surface area contributed by atoms with E-state index in [2.05, 4.69) is 27.8 Å². The first-order chi connectivity index (χ1) is 16.3. The van der Waals surface area contributed by atoms with Crippen LogP contribution in [0.3, 0.4) is 0 Å². The Kier molecular flexibility index (Phi) is 10.1. The number of rotatable bonds is 11. The van der Waals surface area contributed by atoms with Crippen LogP contribution in [0.1, 0.15) is 38.2 Å². The van der Waals surface area contributed by atoms with Crippen molar-refractivity contribution in [1.29, 1.82) is 0 Å². The monoisotopic (exact) mass is 553 g/mol. The molecule has 0 N–H and O–H groups in total. The van der Waals surface area contributed by atoms with Crippen molar-refractivity contribution in [1.82, 2.24) is 14.1 Å². The topological polar surface area (TPSA) is 60.9 Å². The van der Waals surface area contributed by atoms with Crippen LogP contribution in [0.2, 0.25) is 0 Å². The van der Waals surface area contributed by atoms with Gasteiger partial charge in [-0.1, -0.05) is 47.8 Å². The van der Waals surface area contributed by atoms with Crippen LogP contribution in [0.15, 0.2) is 57.9 Å². The molecule has 1 heterocycles. The molecule has 1 aliphatic rings. The SMILES string of the molecule is CCCCCC(=O)N(CCN1CCN(S(=O)(=O)c2ccc(Br)cc2)CC1)Cc1ccc(F)cc1. The second-order valence-electron chi connectivity index (χ2n) is 8.60. The van der Waals surface area contributed by atoms with Crippen LogP contribution in [0.5, 0.6) is 0 Å². The quantitative estimate of drug-likeness (QED) is 0.384. The Morgan fingerprint density at radius 3 is 2.26 bits per heavy atom. The lowest BCUT2D eigenvalue weighted by molar-refractivity contribution is -0.132. The molecule has 1 aliphatic heterocycles. The molecule has 1 saturated heterocycles. The van der Waals surface area contributed by atoms with Gasteiger partial charge in [0.2, 0.25) is 15.9 Å². The molecular weight excluding hydrogens is 521 g/mol. The molecule has 2 aromatic carbocycles. The van der Waals surface area contributed by atoms with Crippen molar-refractivity contribution < 1.29 is 17.6 Å².